The van der Waals surface area contributed by atoms with Gasteiger partial charge in [-0.1, -0.05) is 42.5 Å². The van der Waals surface area contributed by atoms with Gasteiger partial charge in [-0.2, -0.15) is 0 Å². The van der Waals surface area contributed by atoms with Crippen molar-refractivity contribution in [2.45, 2.75) is 6.54 Å². The first-order valence-electron chi connectivity index (χ1n) is 7.30. The van der Waals surface area contributed by atoms with Crippen molar-refractivity contribution in [1.29, 1.82) is 0 Å². The van der Waals surface area contributed by atoms with Crippen LogP contribution in [0.5, 0.6) is 0 Å². The minimum Gasteiger partial charge on any atom is -0.451 e. The summed E-state index contributed by atoms with van der Waals surface area (Å²) in [6.07, 6.45) is 0. The molecule has 6 heteroatoms. The van der Waals surface area contributed by atoms with Gasteiger partial charge in [0.15, 0.2) is 5.76 Å². The molecule has 1 aromatic heterocycles. The van der Waals surface area contributed by atoms with E-state index < -0.39 is 4.92 Å². The van der Waals surface area contributed by atoms with E-state index in [0.29, 0.717) is 17.9 Å². The molecule has 0 fully saturated rings. The number of nitro benzene ring substituents is 1. The second-order valence-corrected chi connectivity index (χ2v) is 5.14. The fraction of sp³-hybridized carbons (Fsp3) is 0.0556. The van der Waals surface area contributed by atoms with Crippen LogP contribution in [0.1, 0.15) is 16.1 Å². The number of amides is 1. The fourth-order valence-electron chi connectivity index (χ4n) is 2.25. The van der Waals surface area contributed by atoms with Crippen molar-refractivity contribution in [2.75, 3.05) is 0 Å². The average Bonchev–Trinajstić information content (AvgIpc) is 3.11. The highest BCUT2D eigenvalue weighted by atomic mass is 16.6. The Bertz CT molecular complexity index is 871. The molecule has 0 radical (unpaired) electrons. The Kier molecular flexibility index (Phi) is 4.38. The standard InChI is InChI=1S/C18H14N2O4/c21-18(19-12-13-5-2-1-3-6-13)17-10-9-16(24-17)14-7-4-8-15(11-14)20(22)23/h1-11H,12H2,(H,19,21). The minimum absolute atomic E-state index is 0.0287. The summed E-state index contributed by atoms with van der Waals surface area (Å²) in [5.74, 6) is 0.228. The number of furan rings is 1. The molecule has 6 nitrogen and oxygen atoms in total. The van der Waals surface area contributed by atoms with Crippen LogP contribution >= 0.6 is 0 Å². The SMILES string of the molecule is O=C(NCc1ccccc1)c1ccc(-c2cccc([N+](=O)[O-])c2)o1. The van der Waals surface area contributed by atoms with E-state index in [0.717, 1.165) is 5.56 Å². The smallest absolute Gasteiger partial charge is 0.287 e. The molecule has 3 rings (SSSR count). The van der Waals surface area contributed by atoms with Gasteiger partial charge < -0.3 is 9.73 Å². The first kappa shape index (κ1) is 15.5. The molecule has 24 heavy (non-hydrogen) atoms. The number of nitrogens with one attached hydrogen (secondary N) is 1. The molecule has 1 amide bonds. The molecule has 0 spiro atoms. The lowest BCUT2D eigenvalue weighted by atomic mass is 10.1. The number of nitro groups is 1. The van der Waals surface area contributed by atoms with Gasteiger partial charge in [-0.3, -0.25) is 14.9 Å². The van der Waals surface area contributed by atoms with E-state index in [1.54, 1.807) is 24.3 Å². The zero-order chi connectivity index (χ0) is 16.9. The van der Waals surface area contributed by atoms with E-state index in [4.69, 9.17) is 4.42 Å². The number of non-ortho nitro benzene ring substituents is 1. The molecule has 1 N–H and O–H groups in total. The minimum atomic E-state index is -0.472. The Balaban J connectivity index is 1.72. The topological polar surface area (TPSA) is 85.4 Å². The Hall–Kier alpha value is -3.41. The summed E-state index contributed by atoms with van der Waals surface area (Å²) in [6.45, 7) is 0.395. The van der Waals surface area contributed by atoms with Crippen LogP contribution in [0.4, 0.5) is 5.69 Å². The molecule has 0 aliphatic carbocycles. The molecule has 0 saturated heterocycles. The monoisotopic (exact) mass is 322 g/mol. The van der Waals surface area contributed by atoms with Crippen molar-refractivity contribution >= 4 is 11.6 Å². The van der Waals surface area contributed by atoms with Gasteiger partial charge in [0.2, 0.25) is 0 Å². The van der Waals surface area contributed by atoms with E-state index in [2.05, 4.69) is 5.32 Å². The lowest BCUT2D eigenvalue weighted by Gasteiger charge is -2.03. The summed E-state index contributed by atoms with van der Waals surface area (Å²) < 4.78 is 5.52. The molecule has 3 aromatic rings. The molecule has 0 aliphatic heterocycles. The van der Waals surface area contributed by atoms with Crippen LogP contribution in [0.3, 0.4) is 0 Å². The molecule has 0 saturated carbocycles. The van der Waals surface area contributed by atoms with Crippen LogP contribution in [-0.4, -0.2) is 10.8 Å². The van der Waals surface area contributed by atoms with Crippen LogP contribution in [-0.2, 0) is 6.54 Å². The molecule has 1 heterocycles. The van der Waals surface area contributed by atoms with Gasteiger partial charge in [0.25, 0.3) is 11.6 Å². The van der Waals surface area contributed by atoms with Crippen molar-refractivity contribution < 1.29 is 14.1 Å². The van der Waals surface area contributed by atoms with Crippen molar-refractivity contribution in [3.05, 3.63) is 88.2 Å². The lowest BCUT2D eigenvalue weighted by Crippen LogP contribution is -2.22. The predicted molar refractivity (Wildman–Crippen MR) is 88.4 cm³/mol. The van der Waals surface area contributed by atoms with E-state index in [1.165, 1.54) is 12.1 Å². The predicted octanol–water partition coefficient (Wildman–Crippen LogP) is 3.78. The van der Waals surface area contributed by atoms with Crippen LogP contribution in [0, 0.1) is 10.1 Å². The molecule has 0 aliphatic rings. The Morgan fingerprint density at radius 3 is 2.58 bits per heavy atom. The normalized spacial score (nSPS) is 10.3. The first-order chi connectivity index (χ1) is 11.6. The average molecular weight is 322 g/mol. The van der Waals surface area contributed by atoms with Gasteiger partial charge >= 0.3 is 0 Å². The van der Waals surface area contributed by atoms with Gasteiger partial charge in [0.05, 0.1) is 4.92 Å². The number of rotatable bonds is 5. The number of benzene rings is 2. The van der Waals surface area contributed by atoms with Crippen LogP contribution in [0.25, 0.3) is 11.3 Å². The molecule has 0 unspecified atom stereocenters. The van der Waals surface area contributed by atoms with Crippen molar-refractivity contribution in [2.24, 2.45) is 0 Å². The number of hydrogen-bond donors (Lipinski definition) is 1. The zero-order valence-electron chi connectivity index (χ0n) is 12.6. The van der Waals surface area contributed by atoms with E-state index in [1.807, 2.05) is 30.3 Å². The highest BCUT2D eigenvalue weighted by Gasteiger charge is 2.14. The Morgan fingerprint density at radius 2 is 1.83 bits per heavy atom. The van der Waals surface area contributed by atoms with Gasteiger partial charge in [0, 0.05) is 24.2 Å². The van der Waals surface area contributed by atoms with E-state index in [9.17, 15) is 14.9 Å². The Morgan fingerprint density at radius 1 is 1.04 bits per heavy atom. The Labute approximate surface area is 137 Å². The second-order valence-electron chi connectivity index (χ2n) is 5.14. The second kappa shape index (κ2) is 6.78. The molecule has 120 valence electrons. The van der Waals surface area contributed by atoms with Crippen molar-refractivity contribution in [1.82, 2.24) is 5.32 Å². The maximum atomic E-state index is 12.1. The van der Waals surface area contributed by atoms with Crippen LogP contribution < -0.4 is 5.32 Å². The number of hydrogen-bond acceptors (Lipinski definition) is 4. The van der Waals surface area contributed by atoms with Crippen molar-refractivity contribution in [3.8, 4) is 11.3 Å². The summed E-state index contributed by atoms with van der Waals surface area (Å²) in [7, 11) is 0. The van der Waals surface area contributed by atoms with Crippen LogP contribution in [0.2, 0.25) is 0 Å². The van der Waals surface area contributed by atoms with Gasteiger partial charge in [-0.15, -0.1) is 0 Å². The quantitative estimate of drug-likeness (QED) is 0.572. The molecule has 2 aromatic carbocycles. The maximum absolute atomic E-state index is 12.1. The highest BCUT2D eigenvalue weighted by molar-refractivity contribution is 5.92. The number of nitrogens with zero attached hydrogens (tertiary/aromatic N) is 1. The molecular formula is C18H14N2O4. The highest BCUT2D eigenvalue weighted by Crippen LogP contribution is 2.25. The summed E-state index contributed by atoms with van der Waals surface area (Å²) in [5.41, 5.74) is 1.50. The van der Waals surface area contributed by atoms with Crippen LogP contribution in [0.15, 0.2) is 71.1 Å². The van der Waals surface area contributed by atoms with Gasteiger partial charge in [-0.25, -0.2) is 0 Å². The zero-order valence-corrected chi connectivity index (χ0v) is 12.6. The molecular weight excluding hydrogens is 308 g/mol. The van der Waals surface area contributed by atoms with Gasteiger partial charge in [-0.05, 0) is 17.7 Å². The van der Waals surface area contributed by atoms with Gasteiger partial charge in [0.1, 0.15) is 5.76 Å². The van der Waals surface area contributed by atoms with E-state index >= 15 is 0 Å². The molecule has 0 bridgehead atoms. The number of carbonyl (C=O) groups excluding carboxylic acids is 1. The summed E-state index contributed by atoms with van der Waals surface area (Å²) in [6, 6.07) is 18.8. The summed E-state index contributed by atoms with van der Waals surface area (Å²) >= 11 is 0. The fourth-order valence-corrected chi connectivity index (χ4v) is 2.25. The third-order valence-electron chi connectivity index (χ3n) is 3.47. The van der Waals surface area contributed by atoms with Crippen molar-refractivity contribution in [3.63, 3.8) is 0 Å². The van der Waals surface area contributed by atoms with E-state index in [-0.39, 0.29) is 17.4 Å². The summed E-state index contributed by atoms with van der Waals surface area (Å²) in [4.78, 5) is 22.5. The number of carbonyl (C=O) groups is 1. The largest absolute Gasteiger partial charge is 0.451 e. The first-order valence-corrected chi connectivity index (χ1v) is 7.30. The third-order valence-corrected chi connectivity index (χ3v) is 3.47. The summed E-state index contributed by atoms with van der Waals surface area (Å²) in [5, 5.41) is 13.6. The third kappa shape index (κ3) is 3.49. The lowest BCUT2D eigenvalue weighted by molar-refractivity contribution is -0.384. The maximum Gasteiger partial charge on any atom is 0.287 e. The molecule has 0 atom stereocenters.